The number of oxazole rings is 1. The van der Waals surface area contributed by atoms with Gasteiger partial charge in [-0.2, -0.15) is 13.2 Å². The number of ketones is 1. The summed E-state index contributed by atoms with van der Waals surface area (Å²) in [6.45, 7) is 5.39. The SMILES string of the molecule is COc1ccc(-c2nc(C(=O)NC3CCCC(C(=O)C(C)C)C3)c([C@H](C)N)o2)c2ccc(C(F)(F)F)nc12. The summed E-state index contributed by atoms with van der Waals surface area (Å²) < 4.78 is 51.0. The first-order chi connectivity index (χ1) is 17.9. The standard InChI is InChI=1S/C27H31F3N4O4/c1-13(2)23(35)15-6-5-7-16(12-15)32-25(36)22-24(14(3)31)38-26(34-22)18-8-10-19(37-4)21-17(18)9-11-20(33-21)27(28,29)30/h8-11,13-16H,5-7,12,31H2,1-4H3,(H,32,36)/t14-,15?,16?/m0/s1. The molecule has 0 bridgehead atoms. The van der Waals surface area contributed by atoms with Crippen molar-refractivity contribution >= 4 is 22.6 Å². The average Bonchev–Trinajstić information content (AvgIpc) is 3.32. The number of nitrogens with one attached hydrogen (secondary N) is 1. The molecule has 3 atom stereocenters. The molecular formula is C27H31F3N4O4. The number of aromatic nitrogens is 2. The number of hydrogen-bond donors (Lipinski definition) is 2. The molecule has 4 rings (SSSR count). The van der Waals surface area contributed by atoms with Gasteiger partial charge in [-0.3, -0.25) is 9.59 Å². The number of Topliss-reactive ketones (excluding diaryl/α,β-unsaturated/α-hetero) is 1. The topological polar surface area (TPSA) is 120 Å². The van der Waals surface area contributed by atoms with Crippen LogP contribution in [0.15, 0.2) is 28.7 Å². The molecule has 0 saturated heterocycles. The van der Waals surface area contributed by atoms with Crippen LogP contribution in [0.3, 0.4) is 0 Å². The summed E-state index contributed by atoms with van der Waals surface area (Å²) in [6, 6.07) is 4.31. The molecule has 0 aliphatic heterocycles. The number of carbonyl (C=O) groups is 2. The molecule has 11 heteroatoms. The zero-order chi connectivity index (χ0) is 27.8. The Morgan fingerprint density at radius 1 is 1.13 bits per heavy atom. The molecule has 8 nitrogen and oxygen atoms in total. The first-order valence-corrected chi connectivity index (χ1v) is 12.6. The van der Waals surface area contributed by atoms with Gasteiger partial charge in [-0.1, -0.05) is 20.3 Å². The van der Waals surface area contributed by atoms with Crippen LogP contribution in [0.5, 0.6) is 5.75 Å². The molecule has 2 aromatic heterocycles. The number of pyridine rings is 1. The molecule has 3 N–H and O–H groups in total. The van der Waals surface area contributed by atoms with Gasteiger partial charge in [0, 0.05) is 28.8 Å². The lowest BCUT2D eigenvalue weighted by atomic mass is 9.80. The van der Waals surface area contributed by atoms with Gasteiger partial charge in [-0.25, -0.2) is 9.97 Å². The fourth-order valence-corrected chi connectivity index (χ4v) is 4.92. The lowest BCUT2D eigenvalue weighted by Gasteiger charge is -2.29. The molecule has 3 aromatic rings. The van der Waals surface area contributed by atoms with Gasteiger partial charge in [-0.05, 0) is 50.5 Å². The van der Waals surface area contributed by atoms with Crippen molar-refractivity contribution in [1.82, 2.24) is 15.3 Å². The first-order valence-electron chi connectivity index (χ1n) is 12.6. The molecule has 38 heavy (non-hydrogen) atoms. The van der Waals surface area contributed by atoms with E-state index in [9.17, 15) is 22.8 Å². The summed E-state index contributed by atoms with van der Waals surface area (Å²) in [4.78, 5) is 34.0. The smallest absolute Gasteiger partial charge is 0.433 e. The molecule has 1 aliphatic rings. The largest absolute Gasteiger partial charge is 0.494 e. The highest BCUT2D eigenvalue weighted by molar-refractivity contribution is 5.98. The molecule has 1 saturated carbocycles. The highest BCUT2D eigenvalue weighted by atomic mass is 19.4. The van der Waals surface area contributed by atoms with E-state index in [4.69, 9.17) is 14.9 Å². The molecule has 1 amide bonds. The van der Waals surface area contributed by atoms with Crippen molar-refractivity contribution in [2.45, 2.75) is 64.7 Å². The minimum Gasteiger partial charge on any atom is -0.494 e. The molecular weight excluding hydrogens is 501 g/mol. The van der Waals surface area contributed by atoms with E-state index in [1.165, 1.54) is 19.2 Å². The second-order valence-electron chi connectivity index (χ2n) is 10.0. The number of methoxy groups -OCH3 is 1. The van der Waals surface area contributed by atoms with Gasteiger partial charge in [0.15, 0.2) is 11.5 Å². The summed E-state index contributed by atoms with van der Waals surface area (Å²) >= 11 is 0. The molecule has 0 radical (unpaired) electrons. The third kappa shape index (κ3) is 5.52. The zero-order valence-electron chi connectivity index (χ0n) is 21.7. The Bertz CT molecular complexity index is 1350. The summed E-state index contributed by atoms with van der Waals surface area (Å²) in [5, 5.41) is 3.28. The maximum absolute atomic E-state index is 13.3. The second kappa shape index (κ2) is 10.7. The van der Waals surface area contributed by atoms with E-state index in [-0.39, 0.29) is 52.3 Å². The molecule has 1 aromatic carbocycles. The highest BCUT2D eigenvalue weighted by Gasteiger charge is 2.34. The van der Waals surface area contributed by atoms with Crippen LogP contribution in [0.4, 0.5) is 13.2 Å². The number of alkyl halides is 3. The van der Waals surface area contributed by atoms with Gasteiger partial charge >= 0.3 is 6.18 Å². The van der Waals surface area contributed by atoms with Crippen molar-refractivity contribution in [3.05, 3.63) is 41.4 Å². The second-order valence-corrected chi connectivity index (χ2v) is 10.0. The van der Waals surface area contributed by atoms with Gasteiger partial charge < -0.3 is 20.2 Å². The Balaban J connectivity index is 1.68. The number of rotatable bonds is 7. The minimum atomic E-state index is -4.64. The summed E-state index contributed by atoms with van der Waals surface area (Å²) in [7, 11) is 1.34. The van der Waals surface area contributed by atoms with E-state index in [2.05, 4.69) is 15.3 Å². The van der Waals surface area contributed by atoms with E-state index < -0.39 is 23.8 Å². The fraction of sp³-hybridized carbons (Fsp3) is 0.481. The lowest BCUT2D eigenvalue weighted by Crippen LogP contribution is -2.41. The number of carbonyl (C=O) groups excluding carboxylic acids is 2. The lowest BCUT2D eigenvalue weighted by molar-refractivity contribution is -0.141. The van der Waals surface area contributed by atoms with Crippen molar-refractivity contribution in [1.29, 1.82) is 0 Å². The van der Waals surface area contributed by atoms with Crippen molar-refractivity contribution in [2.24, 2.45) is 17.6 Å². The van der Waals surface area contributed by atoms with Gasteiger partial charge in [0.05, 0.1) is 13.2 Å². The van der Waals surface area contributed by atoms with Crippen molar-refractivity contribution in [3.63, 3.8) is 0 Å². The van der Waals surface area contributed by atoms with E-state index in [1.54, 1.807) is 13.0 Å². The Hall–Kier alpha value is -3.47. The molecule has 1 aliphatic carbocycles. The first kappa shape index (κ1) is 27.6. The number of amides is 1. The Labute approximate surface area is 218 Å². The summed E-state index contributed by atoms with van der Waals surface area (Å²) in [5.74, 6) is -0.148. The molecule has 2 heterocycles. The van der Waals surface area contributed by atoms with Crippen molar-refractivity contribution < 1.29 is 31.9 Å². The number of fused-ring (bicyclic) bond motifs is 1. The van der Waals surface area contributed by atoms with Crippen LogP contribution in [0.2, 0.25) is 0 Å². The summed E-state index contributed by atoms with van der Waals surface area (Å²) in [5.41, 5.74) is 5.33. The Kier molecular flexibility index (Phi) is 7.78. The van der Waals surface area contributed by atoms with Crippen LogP contribution in [-0.2, 0) is 11.0 Å². The fourth-order valence-electron chi connectivity index (χ4n) is 4.92. The Morgan fingerprint density at radius 2 is 1.87 bits per heavy atom. The van der Waals surface area contributed by atoms with Crippen molar-refractivity contribution in [3.8, 4) is 17.2 Å². The quantitative estimate of drug-likeness (QED) is 0.415. The summed E-state index contributed by atoms with van der Waals surface area (Å²) in [6.07, 6.45) is -1.72. The zero-order valence-corrected chi connectivity index (χ0v) is 21.7. The average molecular weight is 533 g/mol. The van der Waals surface area contributed by atoms with Crippen LogP contribution in [0, 0.1) is 11.8 Å². The predicted molar refractivity (Wildman–Crippen MR) is 134 cm³/mol. The van der Waals surface area contributed by atoms with Gasteiger partial charge in [0.2, 0.25) is 5.89 Å². The van der Waals surface area contributed by atoms with Crippen LogP contribution < -0.4 is 15.8 Å². The van der Waals surface area contributed by atoms with Crippen LogP contribution in [0.25, 0.3) is 22.4 Å². The van der Waals surface area contributed by atoms with E-state index in [0.29, 0.717) is 17.4 Å². The van der Waals surface area contributed by atoms with Crippen LogP contribution >= 0.6 is 0 Å². The van der Waals surface area contributed by atoms with Gasteiger partial charge in [0.25, 0.3) is 5.91 Å². The normalized spacial score (nSPS) is 19.0. The molecule has 204 valence electrons. The van der Waals surface area contributed by atoms with E-state index in [0.717, 1.165) is 25.3 Å². The number of halogens is 3. The van der Waals surface area contributed by atoms with E-state index in [1.807, 2.05) is 13.8 Å². The van der Waals surface area contributed by atoms with Crippen LogP contribution in [-0.4, -0.2) is 34.8 Å². The maximum Gasteiger partial charge on any atom is 0.433 e. The number of hydrogen-bond acceptors (Lipinski definition) is 7. The molecule has 0 spiro atoms. The van der Waals surface area contributed by atoms with Gasteiger partial charge in [-0.15, -0.1) is 0 Å². The number of ether oxygens (including phenoxy) is 1. The van der Waals surface area contributed by atoms with Gasteiger partial charge in [0.1, 0.15) is 22.7 Å². The number of benzene rings is 1. The van der Waals surface area contributed by atoms with E-state index >= 15 is 0 Å². The number of nitrogens with zero attached hydrogens (tertiary/aromatic N) is 2. The number of nitrogens with two attached hydrogens (primary N) is 1. The highest BCUT2D eigenvalue weighted by Crippen LogP contribution is 2.37. The monoisotopic (exact) mass is 532 g/mol. The predicted octanol–water partition coefficient (Wildman–Crippen LogP) is 5.45. The molecule has 1 fully saturated rings. The third-order valence-corrected chi connectivity index (χ3v) is 6.82. The van der Waals surface area contributed by atoms with Crippen LogP contribution in [0.1, 0.15) is 74.4 Å². The maximum atomic E-state index is 13.3. The third-order valence-electron chi connectivity index (χ3n) is 6.82. The van der Waals surface area contributed by atoms with Crippen molar-refractivity contribution in [2.75, 3.05) is 7.11 Å². The minimum absolute atomic E-state index is 0.00357. The molecule has 2 unspecified atom stereocenters. The Morgan fingerprint density at radius 3 is 2.50 bits per heavy atom.